The van der Waals surface area contributed by atoms with E-state index in [-0.39, 0.29) is 22.8 Å². The second-order valence-corrected chi connectivity index (χ2v) is 12.2. The first-order valence-corrected chi connectivity index (χ1v) is 14.4. The van der Waals surface area contributed by atoms with Crippen molar-refractivity contribution < 1.29 is 28.6 Å². The summed E-state index contributed by atoms with van der Waals surface area (Å²) in [6.07, 6.45) is 3.51. The van der Waals surface area contributed by atoms with Gasteiger partial charge in [-0.15, -0.1) is 0 Å². The van der Waals surface area contributed by atoms with E-state index in [4.69, 9.17) is 14.2 Å². The Balaban J connectivity index is 1.37. The summed E-state index contributed by atoms with van der Waals surface area (Å²) >= 11 is 4.35. The number of rotatable bonds is 9. The maximum Gasteiger partial charge on any atom is 0.294 e. The molecule has 2 aromatic carbocycles. The Morgan fingerprint density at radius 2 is 1.72 bits per heavy atom. The number of hydrogen-bond acceptors (Lipinski definition) is 7. The Bertz CT molecular complexity index is 1270. The fourth-order valence-electron chi connectivity index (χ4n) is 4.31. The molecule has 2 aromatic rings. The summed E-state index contributed by atoms with van der Waals surface area (Å²) in [5, 5.41) is -0.446. The molecule has 2 heterocycles. The minimum Gasteiger partial charge on any atom is -0.493 e. The second kappa shape index (κ2) is 12.5. The third-order valence-corrected chi connectivity index (χ3v) is 7.99. The first-order chi connectivity index (χ1) is 18.6. The highest BCUT2D eigenvalue weighted by atomic mass is 79.9. The van der Waals surface area contributed by atoms with Gasteiger partial charge in [-0.25, -0.2) is 0 Å². The molecule has 0 spiro atoms. The number of imide groups is 1. The van der Waals surface area contributed by atoms with Crippen molar-refractivity contribution in [3.8, 4) is 17.2 Å². The Hall–Kier alpha value is -2.98. The van der Waals surface area contributed by atoms with E-state index in [1.807, 2.05) is 12.1 Å². The van der Waals surface area contributed by atoms with Gasteiger partial charge in [0.2, 0.25) is 5.91 Å². The standard InChI is InChI=1S/C29H33BrN2O6S/c1-29(2,3)20-7-9-21(10-8-20)37-13-14-38-26-22(30)15-19(16-23(26)36-4)17-24-27(34)32(28(35)39-24)18-25(33)31-11-5-6-12-31/h7-10,15-17H,5-6,11-14,18H2,1-4H3/b24-17-. The van der Waals surface area contributed by atoms with Crippen molar-refractivity contribution in [2.45, 2.75) is 39.0 Å². The van der Waals surface area contributed by atoms with Crippen molar-refractivity contribution in [3.63, 3.8) is 0 Å². The van der Waals surface area contributed by atoms with Crippen molar-refractivity contribution in [2.75, 3.05) is 40.0 Å². The lowest BCUT2D eigenvalue weighted by Gasteiger charge is -2.19. The fourth-order valence-corrected chi connectivity index (χ4v) is 5.72. The average Bonchev–Trinajstić information content (AvgIpc) is 3.52. The number of carbonyl (C=O) groups excluding carboxylic acids is 3. The van der Waals surface area contributed by atoms with Crippen LogP contribution in [-0.2, 0) is 15.0 Å². The van der Waals surface area contributed by atoms with Crippen LogP contribution in [0.2, 0.25) is 0 Å². The van der Waals surface area contributed by atoms with Crippen LogP contribution in [0.25, 0.3) is 6.08 Å². The van der Waals surface area contributed by atoms with Crippen LogP contribution in [-0.4, -0.2) is 66.8 Å². The Kier molecular flexibility index (Phi) is 9.27. The molecule has 3 amide bonds. The predicted molar refractivity (Wildman–Crippen MR) is 155 cm³/mol. The van der Waals surface area contributed by atoms with Crippen molar-refractivity contribution >= 4 is 50.8 Å². The molecule has 4 rings (SSSR count). The molecule has 2 fully saturated rings. The zero-order chi connectivity index (χ0) is 28.2. The SMILES string of the molecule is COc1cc(/C=C2\SC(=O)N(CC(=O)N3CCCC3)C2=O)cc(Br)c1OCCOc1ccc(C(C)(C)C)cc1. The molecular formula is C29H33BrN2O6S. The maximum absolute atomic E-state index is 12.9. The largest absolute Gasteiger partial charge is 0.493 e. The van der Waals surface area contributed by atoms with E-state index in [1.54, 1.807) is 23.1 Å². The minimum atomic E-state index is -0.472. The highest BCUT2D eigenvalue weighted by Crippen LogP contribution is 2.39. The first kappa shape index (κ1) is 29.0. The van der Waals surface area contributed by atoms with Gasteiger partial charge in [0.25, 0.3) is 11.1 Å². The monoisotopic (exact) mass is 616 g/mol. The van der Waals surface area contributed by atoms with Gasteiger partial charge in [0.1, 0.15) is 25.5 Å². The van der Waals surface area contributed by atoms with Gasteiger partial charge in [-0.2, -0.15) is 0 Å². The number of ether oxygens (including phenoxy) is 3. The van der Waals surface area contributed by atoms with Crippen molar-refractivity contribution in [3.05, 3.63) is 56.9 Å². The van der Waals surface area contributed by atoms with E-state index in [9.17, 15) is 14.4 Å². The summed E-state index contributed by atoms with van der Waals surface area (Å²) in [5.41, 5.74) is 1.97. The quantitative estimate of drug-likeness (QED) is 0.257. The molecule has 2 aliphatic heterocycles. The van der Waals surface area contributed by atoms with Gasteiger partial charge >= 0.3 is 0 Å². The van der Waals surface area contributed by atoms with Crippen molar-refractivity contribution in [1.82, 2.24) is 9.80 Å². The van der Waals surface area contributed by atoms with Gasteiger partial charge in [0.05, 0.1) is 16.5 Å². The fraction of sp³-hybridized carbons (Fsp3) is 0.414. The molecule has 208 valence electrons. The van der Waals surface area contributed by atoms with E-state index in [2.05, 4.69) is 48.8 Å². The highest BCUT2D eigenvalue weighted by molar-refractivity contribution is 9.10. The lowest BCUT2D eigenvalue weighted by atomic mass is 9.87. The number of hydrogen-bond donors (Lipinski definition) is 0. The molecule has 39 heavy (non-hydrogen) atoms. The lowest BCUT2D eigenvalue weighted by Crippen LogP contribution is -2.40. The molecule has 2 saturated heterocycles. The van der Waals surface area contributed by atoms with Crippen LogP contribution in [0.5, 0.6) is 17.2 Å². The Labute approximate surface area is 241 Å². The molecule has 2 aliphatic rings. The molecule has 8 nitrogen and oxygen atoms in total. The molecule has 0 aliphatic carbocycles. The van der Waals surface area contributed by atoms with Gasteiger partial charge in [-0.3, -0.25) is 19.3 Å². The second-order valence-electron chi connectivity index (χ2n) is 10.4. The molecule has 0 radical (unpaired) electrons. The number of methoxy groups -OCH3 is 1. The van der Waals surface area contributed by atoms with E-state index in [1.165, 1.54) is 12.7 Å². The van der Waals surface area contributed by atoms with Crippen LogP contribution in [0.4, 0.5) is 4.79 Å². The van der Waals surface area contributed by atoms with Crippen LogP contribution in [0.1, 0.15) is 44.7 Å². The zero-order valence-electron chi connectivity index (χ0n) is 22.6. The van der Waals surface area contributed by atoms with Gasteiger partial charge in [0, 0.05) is 13.1 Å². The van der Waals surface area contributed by atoms with Crippen molar-refractivity contribution in [2.24, 2.45) is 0 Å². The summed E-state index contributed by atoms with van der Waals surface area (Å²) in [5.74, 6) is 1.07. The van der Waals surface area contributed by atoms with E-state index >= 15 is 0 Å². The minimum absolute atomic E-state index is 0.0809. The van der Waals surface area contributed by atoms with Gasteiger partial charge < -0.3 is 19.1 Å². The van der Waals surface area contributed by atoms with Crippen LogP contribution in [0.3, 0.4) is 0 Å². The third-order valence-electron chi connectivity index (χ3n) is 6.49. The molecule has 0 N–H and O–H groups in total. The number of thioether (sulfide) groups is 1. The van der Waals surface area contributed by atoms with Crippen LogP contribution in [0, 0.1) is 0 Å². The molecule has 0 saturated carbocycles. The van der Waals surface area contributed by atoms with E-state index < -0.39 is 11.1 Å². The molecular weight excluding hydrogens is 584 g/mol. The summed E-state index contributed by atoms with van der Waals surface area (Å²) in [6.45, 7) is 8.25. The number of carbonyl (C=O) groups is 3. The van der Waals surface area contributed by atoms with E-state index in [0.29, 0.717) is 47.8 Å². The van der Waals surface area contributed by atoms with E-state index in [0.717, 1.165) is 35.3 Å². The number of nitrogens with zero attached hydrogens (tertiary/aromatic N) is 2. The highest BCUT2D eigenvalue weighted by Gasteiger charge is 2.37. The average molecular weight is 618 g/mol. The molecule has 10 heteroatoms. The number of amides is 3. The topological polar surface area (TPSA) is 85.4 Å². The van der Waals surface area contributed by atoms with Gasteiger partial charge in [0.15, 0.2) is 11.5 Å². The number of likely N-dealkylation sites (tertiary alicyclic amines) is 1. The van der Waals surface area contributed by atoms with Crippen LogP contribution < -0.4 is 14.2 Å². The first-order valence-electron chi connectivity index (χ1n) is 12.8. The smallest absolute Gasteiger partial charge is 0.294 e. The van der Waals surface area contributed by atoms with Gasteiger partial charge in [-0.05, 0) is 87.4 Å². The molecule has 0 aromatic heterocycles. The number of halogens is 1. The predicted octanol–water partition coefficient (Wildman–Crippen LogP) is 5.87. The number of benzene rings is 2. The lowest BCUT2D eigenvalue weighted by molar-refractivity contribution is -0.135. The third kappa shape index (κ3) is 7.16. The molecule has 0 unspecified atom stereocenters. The summed E-state index contributed by atoms with van der Waals surface area (Å²) < 4.78 is 17.9. The summed E-state index contributed by atoms with van der Waals surface area (Å²) in [4.78, 5) is 40.8. The normalized spacial score (nSPS) is 16.8. The molecule has 0 atom stereocenters. The zero-order valence-corrected chi connectivity index (χ0v) is 25.0. The van der Waals surface area contributed by atoms with Crippen LogP contribution >= 0.6 is 27.7 Å². The summed E-state index contributed by atoms with van der Waals surface area (Å²) in [7, 11) is 1.53. The van der Waals surface area contributed by atoms with Crippen molar-refractivity contribution in [1.29, 1.82) is 0 Å². The Morgan fingerprint density at radius 3 is 2.36 bits per heavy atom. The van der Waals surface area contributed by atoms with Crippen LogP contribution in [0.15, 0.2) is 45.8 Å². The summed E-state index contributed by atoms with van der Waals surface area (Å²) in [6, 6.07) is 11.6. The molecule has 0 bridgehead atoms. The van der Waals surface area contributed by atoms with Gasteiger partial charge in [-0.1, -0.05) is 32.9 Å². The maximum atomic E-state index is 12.9. The Morgan fingerprint density at radius 1 is 1.05 bits per heavy atom.